The van der Waals surface area contributed by atoms with Gasteiger partial charge in [0.15, 0.2) is 0 Å². The van der Waals surface area contributed by atoms with Gasteiger partial charge in [0.2, 0.25) is 0 Å². The Labute approximate surface area is 133 Å². The van der Waals surface area contributed by atoms with Crippen LogP contribution >= 0.6 is 0 Å². The molecule has 0 radical (unpaired) electrons. The van der Waals surface area contributed by atoms with Crippen molar-refractivity contribution in [3.05, 3.63) is 54.1 Å². The zero-order chi connectivity index (χ0) is 15.6. The van der Waals surface area contributed by atoms with Gasteiger partial charge in [0, 0.05) is 6.54 Å². The number of unbranched alkanes of at least 4 members (excludes halogenated alkanes) is 1. The molecular formula is C19H25NO2. The Hall–Kier alpha value is -2.16. The maximum absolute atomic E-state index is 5.83. The van der Waals surface area contributed by atoms with Crippen molar-refractivity contribution < 1.29 is 9.47 Å². The molecule has 2 aromatic carbocycles. The zero-order valence-electron chi connectivity index (χ0n) is 13.5. The molecule has 0 saturated heterocycles. The summed E-state index contributed by atoms with van der Waals surface area (Å²) < 4.78 is 11.3. The lowest BCUT2D eigenvalue weighted by Gasteiger charge is -2.13. The first-order valence-corrected chi connectivity index (χ1v) is 8.01. The van der Waals surface area contributed by atoms with E-state index < -0.39 is 0 Å². The predicted octanol–water partition coefficient (Wildman–Crippen LogP) is 4.88. The van der Waals surface area contributed by atoms with Crippen LogP contribution in [-0.2, 0) is 6.54 Å². The van der Waals surface area contributed by atoms with Gasteiger partial charge in [-0.05, 0) is 43.2 Å². The molecule has 2 aromatic rings. The van der Waals surface area contributed by atoms with E-state index in [0.29, 0.717) is 6.61 Å². The third-order valence-corrected chi connectivity index (χ3v) is 3.36. The van der Waals surface area contributed by atoms with Crippen molar-refractivity contribution in [2.75, 3.05) is 18.5 Å². The van der Waals surface area contributed by atoms with Crippen LogP contribution in [0.15, 0.2) is 48.5 Å². The van der Waals surface area contributed by atoms with Crippen molar-refractivity contribution in [2.45, 2.75) is 33.2 Å². The first kappa shape index (κ1) is 16.2. The molecule has 0 heterocycles. The van der Waals surface area contributed by atoms with E-state index >= 15 is 0 Å². The summed E-state index contributed by atoms with van der Waals surface area (Å²) in [5.41, 5.74) is 2.25. The molecule has 118 valence electrons. The first-order valence-electron chi connectivity index (χ1n) is 8.01. The topological polar surface area (TPSA) is 30.5 Å². The van der Waals surface area contributed by atoms with Gasteiger partial charge in [-0.1, -0.05) is 37.6 Å². The van der Waals surface area contributed by atoms with Gasteiger partial charge in [-0.3, -0.25) is 0 Å². The average molecular weight is 299 g/mol. The quantitative estimate of drug-likeness (QED) is 0.670. The largest absolute Gasteiger partial charge is 0.494 e. The molecule has 0 bridgehead atoms. The Morgan fingerprint density at radius 2 is 1.68 bits per heavy atom. The van der Waals surface area contributed by atoms with Crippen molar-refractivity contribution >= 4 is 5.69 Å². The molecule has 0 atom stereocenters. The van der Waals surface area contributed by atoms with E-state index in [0.717, 1.165) is 43.2 Å². The van der Waals surface area contributed by atoms with Gasteiger partial charge < -0.3 is 14.8 Å². The number of ether oxygens (including phenoxy) is 2. The summed E-state index contributed by atoms with van der Waals surface area (Å²) in [6.07, 6.45) is 2.22. The van der Waals surface area contributed by atoms with E-state index in [1.807, 2.05) is 37.3 Å². The normalized spacial score (nSPS) is 10.3. The van der Waals surface area contributed by atoms with Crippen LogP contribution < -0.4 is 14.8 Å². The number of rotatable bonds is 9. The fourth-order valence-corrected chi connectivity index (χ4v) is 2.13. The number of anilines is 1. The van der Waals surface area contributed by atoms with E-state index in [2.05, 4.69) is 30.4 Å². The van der Waals surface area contributed by atoms with E-state index in [1.54, 1.807) is 0 Å². The lowest BCUT2D eigenvalue weighted by molar-refractivity contribution is 0.310. The van der Waals surface area contributed by atoms with Gasteiger partial charge in [0.05, 0.1) is 18.9 Å². The standard InChI is InChI=1S/C19H25NO2/c1-3-5-14-22-19-9-7-6-8-18(19)20-15-16-10-12-17(13-11-16)21-4-2/h6-13,20H,3-5,14-15H2,1-2H3. The summed E-state index contributed by atoms with van der Waals surface area (Å²) in [7, 11) is 0. The van der Waals surface area contributed by atoms with Crippen LogP contribution in [0.5, 0.6) is 11.5 Å². The highest BCUT2D eigenvalue weighted by Crippen LogP contribution is 2.24. The minimum Gasteiger partial charge on any atom is -0.494 e. The highest BCUT2D eigenvalue weighted by atomic mass is 16.5. The Balaban J connectivity index is 1.93. The summed E-state index contributed by atoms with van der Waals surface area (Å²) in [5, 5.41) is 3.44. The fraction of sp³-hybridized carbons (Fsp3) is 0.368. The highest BCUT2D eigenvalue weighted by Gasteiger charge is 2.03. The van der Waals surface area contributed by atoms with Crippen molar-refractivity contribution in [1.29, 1.82) is 0 Å². The van der Waals surface area contributed by atoms with Gasteiger partial charge in [-0.25, -0.2) is 0 Å². The minimum atomic E-state index is 0.695. The fourth-order valence-electron chi connectivity index (χ4n) is 2.13. The first-order chi connectivity index (χ1) is 10.8. The molecule has 0 amide bonds. The zero-order valence-corrected chi connectivity index (χ0v) is 13.5. The molecule has 0 aromatic heterocycles. The highest BCUT2D eigenvalue weighted by molar-refractivity contribution is 5.56. The second kappa shape index (κ2) is 8.98. The van der Waals surface area contributed by atoms with Crippen molar-refractivity contribution in [3.8, 4) is 11.5 Å². The van der Waals surface area contributed by atoms with Crippen molar-refractivity contribution in [2.24, 2.45) is 0 Å². The van der Waals surface area contributed by atoms with Crippen LogP contribution in [0.1, 0.15) is 32.3 Å². The SMILES string of the molecule is CCCCOc1ccccc1NCc1ccc(OCC)cc1. The monoisotopic (exact) mass is 299 g/mol. The molecule has 2 rings (SSSR count). The number of hydrogen-bond donors (Lipinski definition) is 1. The maximum Gasteiger partial charge on any atom is 0.142 e. The van der Waals surface area contributed by atoms with Crippen molar-refractivity contribution in [1.82, 2.24) is 0 Å². The van der Waals surface area contributed by atoms with Crippen LogP contribution in [0.4, 0.5) is 5.69 Å². The molecule has 0 aliphatic heterocycles. The third kappa shape index (κ3) is 4.99. The van der Waals surface area contributed by atoms with E-state index in [-0.39, 0.29) is 0 Å². The summed E-state index contributed by atoms with van der Waals surface area (Å²) in [4.78, 5) is 0. The van der Waals surface area contributed by atoms with Gasteiger partial charge >= 0.3 is 0 Å². The van der Waals surface area contributed by atoms with Crippen LogP contribution in [0, 0.1) is 0 Å². The minimum absolute atomic E-state index is 0.695. The Morgan fingerprint density at radius 1 is 0.909 bits per heavy atom. The molecule has 0 aliphatic carbocycles. The number of para-hydroxylation sites is 2. The van der Waals surface area contributed by atoms with E-state index in [9.17, 15) is 0 Å². The third-order valence-electron chi connectivity index (χ3n) is 3.36. The number of hydrogen-bond acceptors (Lipinski definition) is 3. The molecule has 22 heavy (non-hydrogen) atoms. The molecule has 3 heteroatoms. The van der Waals surface area contributed by atoms with E-state index in [4.69, 9.17) is 9.47 Å². The molecule has 0 saturated carbocycles. The smallest absolute Gasteiger partial charge is 0.142 e. The molecule has 0 unspecified atom stereocenters. The van der Waals surface area contributed by atoms with Crippen LogP contribution in [0.2, 0.25) is 0 Å². The lowest BCUT2D eigenvalue weighted by atomic mass is 10.2. The van der Waals surface area contributed by atoms with Crippen LogP contribution in [0.25, 0.3) is 0 Å². The average Bonchev–Trinajstić information content (AvgIpc) is 2.56. The summed E-state index contributed by atoms with van der Waals surface area (Å²) in [6, 6.07) is 16.3. The van der Waals surface area contributed by atoms with Gasteiger partial charge in [0.25, 0.3) is 0 Å². The van der Waals surface area contributed by atoms with Crippen LogP contribution in [-0.4, -0.2) is 13.2 Å². The second-order valence-electron chi connectivity index (χ2n) is 5.13. The molecule has 0 spiro atoms. The molecular weight excluding hydrogens is 274 g/mol. The molecule has 0 aliphatic rings. The molecule has 0 fully saturated rings. The van der Waals surface area contributed by atoms with E-state index in [1.165, 1.54) is 5.56 Å². The molecule has 1 N–H and O–H groups in total. The van der Waals surface area contributed by atoms with Crippen LogP contribution in [0.3, 0.4) is 0 Å². The Bertz CT molecular complexity index is 552. The van der Waals surface area contributed by atoms with Gasteiger partial charge in [0.1, 0.15) is 11.5 Å². The van der Waals surface area contributed by atoms with Gasteiger partial charge in [-0.15, -0.1) is 0 Å². The number of benzene rings is 2. The molecule has 3 nitrogen and oxygen atoms in total. The number of nitrogens with one attached hydrogen (secondary N) is 1. The predicted molar refractivity (Wildman–Crippen MR) is 91.8 cm³/mol. The summed E-state index contributed by atoms with van der Waals surface area (Å²) >= 11 is 0. The van der Waals surface area contributed by atoms with Crippen molar-refractivity contribution in [3.63, 3.8) is 0 Å². The Kier molecular flexibility index (Phi) is 6.62. The summed E-state index contributed by atoms with van der Waals surface area (Å²) in [6.45, 7) is 6.38. The lowest BCUT2D eigenvalue weighted by Crippen LogP contribution is -2.04. The Morgan fingerprint density at radius 3 is 2.41 bits per heavy atom. The summed E-state index contributed by atoms with van der Waals surface area (Å²) in [5.74, 6) is 1.83. The maximum atomic E-state index is 5.83. The second-order valence-corrected chi connectivity index (χ2v) is 5.13. The van der Waals surface area contributed by atoms with Gasteiger partial charge in [-0.2, -0.15) is 0 Å².